The van der Waals surface area contributed by atoms with Crippen LogP contribution in [0.1, 0.15) is 24.8 Å². The van der Waals surface area contributed by atoms with Gasteiger partial charge in [-0.1, -0.05) is 12.1 Å². The fourth-order valence-electron chi connectivity index (χ4n) is 2.71. The molecule has 0 spiro atoms. The third kappa shape index (κ3) is 4.86. The van der Waals surface area contributed by atoms with Gasteiger partial charge in [0.2, 0.25) is 0 Å². The first-order chi connectivity index (χ1) is 10.6. The van der Waals surface area contributed by atoms with Crippen LogP contribution in [0.5, 0.6) is 0 Å². The van der Waals surface area contributed by atoms with Crippen LogP contribution >= 0.6 is 0 Å². The maximum absolute atomic E-state index is 10.8. The Morgan fingerprint density at radius 1 is 1.64 bits per heavy atom. The number of aliphatic carboxylic acids is 1. The van der Waals surface area contributed by atoms with Gasteiger partial charge in [0.05, 0.1) is 12.5 Å². The Morgan fingerprint density at radius 2 is 2.45 bits per heavy atom. The lowest BCUT2D eigenvalue weighted by Crippen LogP contribution is -2.49. The molecule has 1 saturated heterocycles. The lowest BCUT2D eigenvalue weighted by atomic mass is 9.56. The quantitative estimate of drug-likeness (QED) is 0.680. The van der Waals surface area contributed by atoms with Gasteiger partial charge in [-0.2, -0.15) is 0 Å². The zero-order valence-corrected chi connectivity index (χ0v) is 12.7. The molecule has 22 heavy (non-hydrogen) atoms. The minimum atomic E-state index is -0.817. The van der Waals surface area contributed by atoms with E-state index in [9.17, 15) is 4.79 Å². The maximum atomic E-state index is 10.8. The molecule has 2 atom stereocenters. The molecule has 0 aromatic carbocycles. The smallest absolute Gasteiger partial charge is 0.336 e. The molecular formula is C15H22BN3O3. The largest absolute Gasteiger partial charge is 0.481 e. The van der Waals surface area contributed by atoms with Crippen LogP contribution in [0.4, 0.5) is 5.82 Å². The predicted octanol–water partition coefficient (Wildman–Crippen LogP) is 1.07. The van der Waals surface area contributed by atoms with Gasteiger partial charge < -0.3 is 20.8 Å². The number of hydrogen-bond donors (Lipinski definition) is 3. The Hall–Kier alpha value is -1.86. The summed E-state index contributed by atoms with van der Waals surface area (Å²) in [5, 5.41) is 12.1. The van der Waals surface area contributed by atoms with Crippen LogP contribution in [0.15, 0.2) is 30.4 Å². The highest BCUT2D eigenvalue weighted by molar-refractivity contribution is 6.59. The van der Waals surface area contributed by atoms with Crippen molar-refractivity contribution < 1.29 is 14.6 Å². The molecule has 118 valence electrons. The summed E-state index contributed by atoms with van der Waals surface area (Å²) in [6.07, 6.45) is 5.98. The van der Waals surface area contributed by atoms with E-state index >= 15 is 0 Å². The molecule has 1 aromatic heterocycles. The normalized spacial score (nSPS) is 22.1. The fourth-order valence-corrected chi connectivity index (χ4v) is 2.71. The van der Waals surface area contributed by atoms with Crippen molar-refractivity contribution in [1.29, 1.82) is 0 Å². The molecule has 1 fully saturated rings. The number of anilines is 1. The van der Waals surface area contributed by atoms with Crippen molar-refractivity contribution in [3.05, 3.63) is 35.9 Å². The second-order valence-corrected chi connectivity index (χ2v) is 5.51. The summed E-state index contributed by atoms with van der Waals surface area (Å²) in [6.45, 7) is -0.109. The summed E-state index contributed by atoms with van der Waals surface area (Å²) in [7, 11) is 1.90. The summed E-state index contributed by atoms with van der Waals surface area (Å²) in [5.74, 6) is 1.91. The SMILES string of the molecule is CNC1CCC(CC(=O)O)OB1/C=C/Cc1ccnc(N)c1. The number of carboxylic acids is 1. The van der Waals surface area contributed by atoms with Gasteiger partial charge in [0, 0.05) is 12.1 Å². The maximum Gasteiger partial charge on any atom is 0.336 e. The van der Waals surface area contributed by atoms with Gasteiger partial charge in [-0.05, 0) is 44.0 Å². The Kier molecular flexibility index (Phi) is 5.97. The summed E-state index contributed by atoms with van der Waals surface area (Å²) >= 11 is 0. The Balaban J connectivity index is 1.94. The molecule has 2 heterocycles. The highest BCUT2D eigenvalue weighted by Gasteiger charge is 2.33. The van der Waals surface area contributed by atoms with Crippen molar-refractivity contribution in [1.82, 2.24) is 10.3 Å². The molecule has 0 amide bonds. The first-order valence-corrected chi connectivity index (χ1v) is 7.50. The molecular weight excluding hydrogens is 281 g/mol. The summed E-state index contributed by atoms with van der Waals surface area (Å²) in [5.41, 5.74) is 6.74. The van der Waals surface area contributed by atoms with Crippen molar-refractivity contribution in [3.8, 4) is 0 Å². The lowest BCUT2D eigenvalue weighted by molar-refractivity contribution is -0.139. The molecule has 0 saturated carbocycles. The molecule has 1 aromatic rings. The predicted molar refractivity (Wildman–Crippen MR) is 86.5 cm³/mol. The van der Waals surface area contributed by atoms with Crippen molar-refractivity contribution in [3.63, 3.8) is 0 Å². The third-order valence-corrected chi connectivity index (χ3v) is 3.84. The molecule has 2 rings (SSSR count). The topological polar surface area (TPSA) is 97.5 Å². The van der Waals surface area contributed by atoms with Crippen LogP contribution in [0.25, 0.3) is 0 Å². The van der Waals surface area contributed by atoms with E-state index in [-0.39, 0.29) is 25.4 Å². The molecule has 4 N–H and O–H groups in total. The number of nitrogens with zero attached hydrogens (tertiary/aromatic N) is 1. The number of hydrogen-bond acceptors (Lipinski definition) is 5. The second kappa shape index (κ2) is 7.96. The van der Waals surface area contributed by atoms with Gasteiger partial charge in [0.1, 0.15) is 5.82 Å². The Morgan fingerprint density at radius 3 is 3.14 bits per heavy atom. The molecule has 2 unspecified atom stereocenters. The van der Waals surface area contributed by atoms with Gasteiger partial charge in [-0.25, -0.2) is 4.98 Å². The highest BCUT2D eigenvalue weighted by Crippen LogP contribution is 2.20. The van der Waals surface area contributed by atoms with E-state index in [1.54, 1.807) is 6.20 Å². The summed E-state index contributed by atoms with van der Waals surface area (Å²) < 4.78 is 5.90. The standard InChI is InChI=1S/C15H22BN3O3/c1-18-13-5-4-12(10-15(20)21)22-16(13)7-2-3-11-6-8-19-14(17)9-11/h2,6-9,12-13,18H,3-5,10H2,1H3,(H2,17,19)(H,20,21)/b7-2+. The number of allylic oxidation sites excluding steroid dienone is 1. The van der Waals surface area contributed by atoms with Gasteiger partial charge in [0.15, 0.2) is 0 Å². The number of carbonyl (C=O) groups is 1. The monoisotopic (exact) mass is 303 g/mol. The minimum Gasteiger partial charge on any atom is -0.481 e. The van der Waals surface area contributed by atoms with Gasteiger partial charge in [-0.3, -0.25) is 4.79 Å². The van der Waals surface area contributed by atoms with Crippen LogP contribution in [-0.2, 0) is 15.9 Å². The molecule has 6 nitrogen and oxygen atoms in total. The van der Waals surface area contributed by atoms with Crippen molar-refractivity contribution >= 4 is 18.7 Å². The lowest BCUT2D eigenvalue weighted by Gasteiger charge is -2.32. The molecule has 0 aliphatic carbocycles. The van der Waals surface area contributed by atoms with Crippen molar-refractivity contribution in [2.45, 2.75) is 37.7 Å². The number of nitrogens with one attached hydrogen (secondary N) is 1. The second-order valence-electron chi connectivity index (χ2n) is 5.51. The van der Waals surface area contributed by atoms with E-state index in [4.69, 9.17) is 15.5 Å². The first-order valence-electron chi connectivity index (χ1n) is 7.50. The van der Waals surface area contributed by atoms with E-state index in [1.165, 1.54) is 0 Å². The van der Waals surface area contributed by atoms with E-state index < -0.39 is 5.97 Å². The van der Waals surface area contributed by atoms with E-state index in [1.807, 2.05) is 31.2 Å². The molecule has 7 heteroatoms. The van der Waals surface area contributed by atoms with Crippen LogP contribution in [0.3, 0.4) is 0 Å². The summed E-state index contributed by atoms with van der Waals surface area (Å²) in [4.78, 5) is 14.8. The Labute approximate surface area is 130 Å². The average molecular weight is 303 g/mol. The van der Waals surface area contributed by atoms with Crippen LogP contribution in [0, 0.1) is 0 Å². The number of carboxylic acid groups (broad SMARTS) is 1. The number of rotatable bonds is 6. The third-order valence-electron chi connectivity index (χ3n) is 3.84. The fraction of sp³-hybridized carbons (Fsp3) is 0.467. The van der Waals surface area contributed by atoms with E-state index in [2.05, 4.69) is 10.3 Å². The van der Waals surface area contributed by atoms with Gasteiger partial charge >= 0.3 is 12.9 Å². The molecule has 0 radical (unpaired) electrons. The summed E-state index contributed by atoms with van der Waals surface area (Å²) in [6, 6.07) is 3.76. The minimum absolute atomic E-state index is 0.0572. The number of aromatic nitrogens is 1. The number of pyridine rings is 1. The van der Waals surface area contributed by atoms with Crippen LogP contribution in [0.2, 0.25) is 0 Å². The Bertz CT molecular complexity index is 539. The van der Waals surface area contributed by atoms with Gasteiger partial charge in [0.25, 0.3) is 0 Å². The van der Waals surface area contributed by atoms with E-state index in [0.717, 1.165) is 24.8 Å². The molecule has 1 aliphatic heterocycles. The number of nitrogens with two attached hydrogens (primary N) is 1. The van der Waals surface area contributed by atoms with E-state index in [0.29, 0.717) is 5.82 Å². The molecule has 1 aliphatic rings. The number of nitrogen functional groups attached to an aromatic ring is 1. The first kappa shape index (κ1) is 16.5. The van der Waals surface area contributed by atoms with Gasteiger partial charge in [-0.15, -0.1) is 0 Å². The highest BCUT2D eigenvalue weighted by atomic mass is 16.5. The van der Waals surface area contributed by atoms with Crippen molar-refractivity contribution in [2.75, 3.05) is 12.8 Å². The van der Waals surface area contributed by atoms with Crippen LogP contribution < -0.4 is 11.1 Å². The van der Waals surface area contributed by atoms with Crippen LogP contribution in [-0.4, -0.2) is 42.1 Å². The van der Waals surface area contributed by atoms with Crippen molar-refractivity contribution in [2.24, 2.45) is 0 Å². The average Bonchev–Trinajstić information content (AvgIpc) is 2.47. The molecule has 0 bridgehead atoms. The zero-order valence-electron chi connectivity index (χ0n) is 12.7. The zero-order chi connectivity index (χ0) is 15.9.